The van der Waals surface area contributed by atoms with Crippen molar-refractivity contribution in [3.05, 3.63) is 24.0 Å². The van der Waals surface area contributed by atoms with E-state index in [4.69, 9.17) is 5.73 Å². The van der Waals surface area contributed by atoms with Crippen molar-refractivity contribution in [1.29, 1.82) is 0 Å². The maximum atomic E-state index is 13.3. The third kappa shape index (κ3) is 3.29. The molecule has 3 N–H and O–H groups in total. The lowest BCUT2D eigenvalue weighted by Gasteiger charge is -2.31. The SMILES string of the molecule is CN(C(=O)[C@@H]1CNC(=O)C1)[C@@H](c1ccc(N)cn1)C(F)(F)F. The van der Waals surface area contributed by atoms with E-state index in [-0.39, 0.29) is 30.3 Å². The van der Waals surface area contributed by atoms with Gasteiger partial charge >= 0.3 is 6.18 Å². The van der Waals surface area contributed by atoms with E-state index < -0.39 is 24.0 Å². The Bertz CT molecular complexity index is 574. The zero-order valence-electron chi connectivity index (χ0n) is 11.7. The summed E-state index contributed by atoms with van der Waals surface area (Å²) in [6.07, 6.45) is -3.69. The van der Waals surface area contributed by atoms with E-state index in [2.05, 4.69) is 10.3 Å². The molecular weight excluding hydrogens is 301 g/mol. The summed E-state index contributed by atoms with van der Waals surface area (Å²) in [5, 5.41) is 2.43. The van der Waals surface area contributed by atoms with Gasteiger partial charge in [0.05, 0.1) is 23.5 Å². The van der Waals surface area contributed by atoms with E-state index in [0.717, 1.165) is 19.3 Å². The minimum absolute atomic E-state index is 0.0434. The molecule has 2 atom stereocenters. The molecule has 1 fully saturated rings. The number of carbonyl (C=O) groups is 2. The molecular formula is C13H15F3N4O2. The Hall–Kier alpha value is -2.32. The van der Waals surface area contributed by atoms with Crippen LogP contribution in [-0.4, -0.2) is 41.5 Å². The molecule has 0 bridgehead atoms. The molecule has 0 unspecified atom stereocenters. The van der Waals surface area contributed by atoms with Gasteiger partial charge in [0.25, 0.3) is 0 Å². The lowest BCUT2D eigenvalue weighted by molar-refractivity contribution is -0.191. The smallest absolute Gasteiger partial charge is 0.397 e. The molecule has 1 aliphatic heterocycles. The number of amides is 2. The Labute approximate surface area is 124 Å². The average molecular weight is 316 g/mol. The highest BCUT2D eigenvalue weighted by Crippen LogP contribution is 2.37. The molecule has 0 spiro atoms. The number of aromatic nitrogens is 1. The van der Waals surface area contributed by atoms with Crippen molar-refractivity contribution in [1.82, 2.24) is 15.2 Å². The summed E-state index contributed by atoms with van der Waals surface area (Å²) in [5.41, 5.74) is 5.32. The topological polar surface area (TPSA) is 88.3 Å². The Kier molecular flexibility index (Phi) is 4.25. The summed E-state index contributed by atoms with van der Waals surface area (Å²) in [4.78, 5) is 27.6. The highest BCUT2D eigenvalue weighted by atomic mass is 19.4. The molecule has 120 valence electrons. The third-order valence-electron chi connectivity index (χ3n) is 3.46. The molecule has 2 amide bonds. The van der Waals surface area contributed by atoms with Gasteiger partial charge in [-0.05, 0) is 12.1 Å². The predicted octanol–water partition coefficient (Wildman–Crippen LogP) is 0.862. The van der Waals surface area contributed by atoms with Crippen LogP contribution in [-0.2, 0) is 9.59 Å². The van der Waals surface area contributed by atoms with Gasteiger partial charge in [0.1, 0.15) is 0 Å². The van der Waals surface area contributed by atoms with Gasteiger partial charge in [0.15, 0.2) is 6.04 Å². The van der Waals surface area contributed by atoms with Crippen LogP contribution in [0.5, 0.6) is 0 Å². The van der Waals surface area contributed by atoms with Crippen molar-refractivity contribution in [3.8, 4) is 0 Å². The van der Waals surface area contributed by atoms with E-state index in [1.54, 1.807) is 0 Å². The minimum atomic E-state index is -4.69. The number of hydrogen-bond acceptors (Lipinski definition) is 4. The first-order chi connectivity index (χ1) is 10.2. The number of carbonyl (C=O) groups excluding carboxylic acids is 2. The van der Waals surface area contributed by atoms with Crippen LogP contribution in [0.2, 0.25) is 0 Å². The van der Waals surface area contributed by atoms with Crippen molar-refractivity contribution in [2.24, 2.45) is 5.92 Å². The number of pyridine rings is 1. The zero-order chi connectivity index (χ0) is 16.5. The molecule has 1 aromatic rings. The third-order valence-corrected chi connectivity index (χ3v) is 3.46. The van der Waals surface area contributed by atoms with Crippen molar-refractivity contribution < 1.29 is 22.8 Å². The quantitative estimate of drug-likeness (QED) is 0.866. The predicted molar refractivity (Wildman–Crippen MR) is 71.3 cm³/mol. The van der Waals surface area contributed by atoms with Crippen LogP contribution < -0.4 is 11.1 Å². The van der Waals surface area contributed by atoms with Gasteiger partial charge in [-0.1, -0.05) is 0 Å². The first-order valence-electron chi connectivity index (χ1n) is 6.51. The van der Waals surface area contributed by atoms with E-state index in [0.29, 0.717) is 4.90 Å². The van der Waals surface area contributed by atoms with E-state index in [1.807, 2.05) is 0 Å². The standard InChI is InChI=1S/C13H15F3N4O2/c1-20(12(22)7-4-10(21)19-5-7)11(13(14,15)16)9-3-2-8(17)6-18-9/h2-3,6-7,11H,4-5,17H2,1H3,(H,19,21)/t7-,11-/m0/s1. The van der Waals surface area contributed by atoms with Gasteiger partial charge in [0, 0.05) is 20.0 Å². The highest BCUT2D eigenvalue weighted by Gasteiger charge is 2.47. The van der Waals surface area contributed by atoms with Crippen LogP contribution in [0.1, 0.15) is 18.2 Å². The molecule has 1 saturated heterocycles. The van der Waals surface area contributed by atoms with Gasteiger partial charge in [0.2, 0.25) is 11.8 Å². The largest absolute Gasteiger partial charge is 0.414 e. The van der Waals surface area contributed by atoms with Crippen LogP contribution in [0.3, 0.4) is 0 Å². The van der Waals surface area contributed by atoms with Crippen molar-refractivity contribution in [2.45, 2.75) is 18.6 Å². The molecule has 2 heterocycles. The summed E-state index contributed by atoms with van der Waals surface area (Å²) in [6, 6.07) is 0.242. The number of nitrogens with zero attached hydrogens (tertiary/aromatic N) is 2. The fraction of sp³-hybridized carbons (Fsp3) is 0.462. The molecule has 1 aromatic heterocycles. The maximum Gasteiger partial charge on any atom is 0.414 e. The first-order valence-corrected chi connectivity index (χ1v) is 6.51. The molecule has 9 heteroatoms. The van der Waals surface area contributed by atoms with Crippen LogP contribution in [0, 0.1) is 5.92 Å². The minimum Gasteiger partial charge on any atom is -0.397 e. The van der Waals surface area contributed by atoms with E-state index in [1.165, 1.54) is 6.07 Å². The highest BCUT2D eigenvalue weighted by molar-refractivity contribution is 5.89. The zero-order valence-corrected chi connectivity index (χ0v) is 11.7. The van der Waals surface area contributed by atoms with Gasteiger partial charge in [-0.3, -0.25) is 14.6 Å². The van der Waals surface area contributed by atoms with Crippen LogP contribution in [0.4, 0.5) is 18.9 Å². The number of rotatable bonds is 3. The van der Waals surface area contributed by atoms with E-state index >= 15 is 0 Å². The van der Waals surface area contributed by atoms with Gasteiger partial charge in [-0.15, -0.1) is 0 Å². The lowest BCUT2D eigenvalue weighted by Crippen LogP contribution is -2.43. The van der Waals surface area contributed by atoms with Gasteiger partial charge in [-0.25, -0.2) is 0 Å². The summed E-state index contributed by atoms with van der Waals surface area (Å²) < 4.78 is 40.0. The molecule has 0 saturated carbocycles. The Morgan fingerprint density at radius 2 is 2.18 bits per heavy atom. The number of nitrogens with two attached hydrogens (primary N) is 1. The number of alkyl halides is 3. The number of anilines is 1. The van der Waals surface area contributed by atoms with Crippen LogP contribution >= 0.6 is 0 Å². The second kappa shape index (κ2) is 5.82. The summed E-state index contributed by atoms with van der Waals surface area (Å²) in [5.74, 6) is -1.89. The molecule has 6 nitrogen and oxygen atoms in total. The molecule has 2 rings (SSSR count). The molecule has 0 radical (unpaired) electrons. The fourth-order valence-electron chi connectivity index (χ4n) is 2.36. The number of halogens is 3. The molecule has 1 aliphatic rings. The van der Waals surface area contributed by atoms with Gasteiger partial charge < -0.3 is 16.0 Å². The van der Waals surface area contributed by atoms with Crippen molar-refractivity contribution in [2.75, 3.05) is 19.3 Å². The van der Waals surface area contributed by atoms with E-state index in [9.17, 15) is 22.8 Å². The van der Waals surface area contributed by atoms with Crippen molar-refractivity contribution in [3.63, 3.8) is 0 Å². The molecule has 0 aromatic carbocycles. The normalized spacial score (nSPS) is 19.6. The Morgan fingerprint density at radius 1 is 1.50 bits per heavy atom. The fourth-order valence-corrected chi connectivity index (χ4v) is 2.36. The first kappa shape index (κ1) is 16.1. The maximum absolute atomic E-state index is 13.3. The monoisotopic (exact) mass is 316 g/mol. The summed E-state index contributed by atoms with van der Waals surface area (Å²) in [6.45, 7) is 0.0434. The number of hydrogen-bond donors (Lipinski definition) is 2. The lowest BCUT2D eigenvalue weighted by atomic mass is 10.0. The molecule has 0 aliphatic carbocycles. The summed E-state index contributed by atoms with van der Waals surface area (Å²) in [7, 11) is 1.06. The van der Waals surface area contributed by atoms with Gasteiger partial charge in [-0.2, -0.15) is 13.2 Å². The second-order valence-corrected chi connectivity index (χ2v) is 5.11. The number of nitrogen functional groups attached to an aromatic ring is 1. The summed E-state index contributed by atoms with van der Waals surface area (Å²) >= 11 is 0. The molecule has 22 heavy (non-hydrogen) atoms. The second-order valence-electron chi connectivity index (χ2n) is 5.11. The Morgan fingerprint density at radius 3 is 2.64 bits per heavy atom. The van der Waals surface area contributed by atoms with Crippen LogP contribution in [0.25, 0.3) is 0 Å². The average Bonchev–Trinajstić information content (AvgIpc) is 2.85. The van der Waals surface area contributed by atoms with Crippen LogP contribution in [0.15, 0.2) is 18.3 Å². The Balaban J connectivity index is 2.27. The van der Waals surface area contributed by atoms with Crippen molar-refractivity contribution >= 4 is 17.5 Å². The number of nitrogens with one attached hydrogen (secondary N) is 1.